The average Bonchev–Trinajstić information content (AvgIpc) is 2.52. The van der Waals surface area contributed by atoms with Crippen LogP contribution in [0.25, 0.3) is 0 Å². The molecule has 2 aromatic rings. The third-order valence-corrected chi connectivity index (χ3v) is 4.46. The molecule has 2 rings (SSSR count). The fraction of sp³-hybridized carbons (Fsp3) is 0.200. The molecule has 0 aliphatic carbocycles. The summed E-state index contributed by atoms with van der Waals surface area (Å²) >= 11 is 0. The van der Waals surface area contributed by atoms with E-state index >= 15 is 0 Å². The van der Waals surface area contributed by atoms with Crippen LogP contribution in [0.1, 0.15) is 23.2 Å². The lowest BCUT2D eigenvalue weighted by molar-refractivity contribution is -0.0451. The topological polar surface area (TPSA) is 72.2 Å². The van der Waals surface area contributed by atoms with Gasteiger partial charge in [-0.25, -0.2) is 8.42 Å². The van der Waals surface area contributed by atoms with E-state index in [9.17, 15) is 21.6 Å². The van der Waals surface area contributed by atoms with Crippen molar-refractivity contribution in [1.82, 2.24) is 4.72 Å². The van der Waals surface area contributed by atoms with Gasteiger partial charge in [-0.3, -0.25) is 0 Å². The first-order chi connectivity index (χ1) is 10.7. The Morgan fingerprint density at radius 1 is 0.870 bits per heavy atom. The number of halogens is 3. The largest absolute Gasteiger partial charge is 0.511 e. The van der Waals surface area contributed by atoms with E-state index in [1.54, 1.807) is 53.3 Å². The maximum absolute atomic E-state index is 12.7. The molecule has 0 aliphatic rings. The predicted octanol–water partition coefficient (Wildman–Crippen LogP) is 2.87. The minimum Gasteiger partial charge on any atom is -0.322 e. The van der Waals surface area contributed by atoms with Crippen LogP contribution in [-0.2, 0) is 10.0 Å². The molecule has 0 bridgehead atoms. The number of sulfonamides is 1. The molecule has 4 nitrogen and oxygen atoms in total. The molecule has 0 heterocycles. The molecule has 23 heavy (non-hydrogen) atoms. The van der Waals surface area contributed by atoms with Crippen LogP contribution >= 0.6 is 0 Å². The van der Waals surface area contributed by atoms with Gasteiger partial charge in [0.25, 0.3) is 0 Å². The van der Waals surface area contributed by atoms with E-state index in [2.05, 4.69) is 0 Å². The summed E-state index contributed by atoms with van der Waals surface area (Å²) in [5, 5.41) is 0. The minimum absolute atomic E-state index is 0.344. The zero-order chi connectivity index (χ0) is 17.1. The van der Waals surface area contributed by atoms with Crippen molar-refractivity contribution < 1.29 is 21.6 Å². The standard InChI is InChI=1S/C15H15F3N2O2S/c16-15(17,18)23(21,22)20-14(12-9-5-2-6-10-12)13(19)11-7-3-1-4-8-11/h1-10,13-14,20H,19H2/t13?,14-/m0/s1. The number of nitrogens with one attached hydrogen (secondary N) is 1. The molecule has 8 heteroatoms. The second kappa shape index (κ2) is 6.69. The lowest BCUT2D eigenvalue weighted by Gasteiger charge is -2.26. The SMILES string of the molecule is NC(c1ccccc1)[C@@H](NS(=O)(=O)C(F)(F)F)c1ccccc1. The van der Waals surface area contributed by atoms with Gasteiger partial charge in [0.2, 0.25) is 0 Å². The Hall–Kier alpha value is -1.90. The van der Waals surface area contributed by atoms with Gasteiger partial charge >= 0.3 is 15.5 Å². The third kappa shape index (κ3) is 4.10. The summed E-state index contributed by atoms with van der Waals surface area (Å²) in [5.74, 6) is 0. The molecule has 0 aromatic heterocycles. The fourth-order valence-electron chi connectivity index (χ4n) is 2.11. The number of alkyl halides is 3. The lowest BCUT2D eigenvalue weighted by atomic mass is 9.95. The van der Waals surface area contributed by atoms with Gasteiger partial charge < -0.3 is 5.73 Å². The Morgan fingerprint density at radius 2 is 1.30 bits per heavy atom. The van der Waals surface area contributed by atoms with Crippen LogP contribution in [0.4, 0.5) is 13.2 Å². The first-order valence-corrected chi connectivity index (χ1v) is 8.15. The molecular weight excluding hydrogens is 329 g/mol. The Balaban J connectivity index is 2.42. The molecular formula is C15H15F3N2O2S. The maximum Gasteiger partial charge on any atom is 0.511 e. The molecule has 0 saturated heterocycles. The van der Waals surface area contributed by atoms with Crippen molar-refractivity contribution in [1.29, 1.82) is 0 Å². The Kier molecular flexibility index (Phi) is 5.08. The molecule has 0 saturated carbocycles. The van der Waals surface area contributed by atoms with Gasteiger partial charge in [-0.05, 0) is 11.1 Å². The Bertz CT molecular complexity index is 734. The molecule has 0 radical (unpaired) electrons. The number of hydrogen-bond donors (Lipinski definition) is 2. The van der Waals surface area contributed by atoms with E-state index < -0.39 is 27.6 Å². The van der Waals surface area contributed by atoms with Crippen molar-refractivity contribution in [2.75, 3.05) is 0 Å². The first kappa shape index (κ1) is 17.5. The minimum atomic E-state index is -5.53. The van der Waals surface area contributed by atoms with Crippen LogP contribution in [0.15, 0.2) is 60.7 Å². The van der Waals surface area contributed by atoms with Crippen LogP contribution in [0, 0.1) is 0 Å². The van der Waals surface area contributed by atoms with Gasteiger partial charge in [0.05, 0.1) is 12.1 Å². The third-order valence-electron chi connectivity index (χ3n) is 3.29. The van der Waals surface area contributed by atoms with E-state index in [0.29, 0.717) is 11.1 Å². The van der Waals surface area contributed by atoms with Gasteiger partial charge in [0, 0.05) is 0 Å². The lowest BCUT2D eigenvalue weighted by Crippen LogP contribution is -2.42. The molecule has 0 aliphatic heterocycles. The highest BCUT2D eigenvalue weighted by molar-refractivity contribution is 7.90. The molecule has 0 fully saturated rings. The molecule has 1 unspecified atom stereocenters. The van der Waals surface area contributed by atoms with Crippen molar-refractivity contribution in [3.8, 4) is 0 Å². The van der Waals surface area contributed by atoms with Gasteiger partial charge in [0.15, 0.2) is 0 Å². The Morgan fingerprint density at radius 3 is 1.74 bits per heavy atom. The van der Waals surface area contributed by atoms with E-state index in [-0.39, 0.29) is 0 Å². The predicted molar refractivity (Wildman–Crippen MR) is 80.7 cm³/mol. The van der Waals surface area contributed by atoms with Crippen molar-refractivity contribution in [2.24, 2.45) is 5.73 Å². The van der Waals surface area contributed by atoms with Crippen LogP contribution in [0.5, 0.6) is 0 Å². The first-order valence-electron chi connectivity index (χ1n) is 6.66. The quantitative estimate of drug-likeness (QED) is 0.876. The highest BCUT2D eigenvalue weighted by Gasteiger charge is 2.47. The van der Waals surface area contributed by atoms with Crippen LogP contribution in [-0.4, -0.2) is 13.9 Å². The van der Waals surface area contributed by atoms with Crippen molar-refractivity contribution >= 4 is 10.0 Å². The molecule has 0 amide bonds. The van der Waals surface area contributed by atoms with E-state index in [1.807, 2.05) is 0 Å². The zero-order valence-corrected chi connectivity index (χ0v) is 12.7. The average molecular weight is 344 g/mol. The summed E-state index contributed by atoms with van der Waals surface area (Å²) in [6.45, 7) is 0. The van der Waals surface area contributed by atoms with Gasteiger partial charge in [-0.1, -0.05) is 60.7 Å². The van der Waals surface area contributed by atoms with Gasteiger partial charge in [0.1, 0.15) is 0 Å². The molecule has 3 N–H and O–H groups in total. The highest BCUT2D eigenvalue weighted by atomic mass is 32.2. The number of rotatable bonds is 5. The van der Waals surface area contributed by atoms with E-state index in [1.165, 1.54) is 12.1 Å². The molecule has 2 atom stereocenters. The summed E-state index contributed by atoms with van der Waals surface area (Å²) in [7, 11) is -5.53. The summed E-state index contributed by atoms with van der Waals surface area (Å²) in [6, 6.07) is 14.0. The maximum atomic E-state index is 12.7. The Labute approximate surface area is 132 Å². The monoisotopic (exact) mass is 344 g/mol. The van der Waals surface area contributed by atoms with E-state index in [4.69, 9.17) is 5.73 Å². The summed E-state index contributed by atoms with van der Waals surface area (Å²) < 4.78 is 62.7. The second-order valence-corrected chi connectivity index (χ2v) is 6.60. The summed E-state index contributed by atoms with van der Waals surface area (Å²) in [5.41, 5.74) is 1.48. The molecule has 124 valence electrons. The number of hydrogen-bond acceptors (Lipinski definition) is 3. The van der Waals surface area contributed by atoms with Crippen molar-refractivity contribution in [3.63, 3.8) is 0 Å². The summed E-state index contributed by atoms with van der Waals surface area (Å²) in [6.07, 6.45) is 0. The van der Waals surface area contributed by atoms with Crippen LogP contribution < -0.4 is 10.5 Å². The molecule has 0 spiro atoms. The van der Waals surface area contributed by atoms with E-state index in [0.717, 1.165) is 0 Å². The van der Waals surface area contributed by atoms with Crippen LogP contribution in [0.3, 0.4) is 0 Å². The van der Waals surface area contributed by atoms with Gasteiger partial charge in [-0.2, -0.15) is 17.9 Å². The second-order valence-electron chi connectivity index (χ2n) is 4.89. The highest BCUT2D eigenvalue weighted by Crippen LogP contribution is 2.31. The normalized spacial score (nSPS) is 15.1. The fourth-order valence-corrected chi connectivity index (χ4v) is 2.86. The molecule has 2 aromatic carbocycles. The number of benzene rings is 2. The summed E-state index contributed by atoms with van der Waals surface area (Å²) in [4.78, 5) is 0. The van der Waals surface area contributed by atoms with Crippen molar-refractivity contribution in [3.05, 3.63) is 71.8 Å². The smallest absolute Gasteiger partial charge is 0.322 e. The van der Waals surface area contributed by atoms with Gasteiger partial charge in [-0.15, -0.1) is 0 Å². The zero-order valence-electron chi connectivity index (χ0n) is 11.9. The number of nitrogens with two attached hydrogens (primary N) is 1. The van der Waals surface area contributed by atoms with Crippen molar-refractivity contribution in [2.45, 2.75) is 17.6 Å². The van der Waals surface area contributed by atoms with Crippen LogP contribution in [0.2, 0.25) is 0 Å².